The zero-order valence-electron chi connectivity index (χ0n) is 17.2. The standard InChI is InChI=1S/C21H32N6O/c1-4-11-27-17(3)20(16(2)25-27)24-21(28)23-15-19(18-9-8-10-22-14-18)26-12-6-5-7-13-26/h8-10,14,19H,4-7,11-13,15H2,1-3H3,(H2,23,24,28)/t19-/m1/s1. The van der Waals surface area contributed by atoms with Crippen molar-refractivity contribution in [1.82, 2.24) is 25.0 Å². The van der Waals surface area contributed by atoms with E-state index in [0.717, 1.165) is 48.7 Å². The Labute approximate surface area is 167 Å². The Morgan fingerprint density at radius 2 is 2.04 bits per heavy atom. The number of aromatic nitrogens is 3. The number of hydrogen-bond acceptors (Lipinski definition) is 4. The van der Waals surface area contributed by atoms with E-state index < -0.39 is 0 Å². The van der Waals surface area contributed by atoms with Gasteiger partial charge in [0, 0.05) is 25.5 Å². The smallest absolute Gasteiger partial charge is 0.319 e. The highest BCUT2D eigenvalue weighted by Gasteiger charge is 2.23. The van der Waals surface area contributed by atoms with E-state index in [1.807, 2.05) is 30.8 Å². The zero-order chi connectivity index (χ0) is 19.9. The number of hydrogen-bond donors (Lipinski definition) is 2. The highest BCUT2D eigenvalue weighted by Crippen LogP contribution is 2.24. The highest BCUT2D eigenvalue weighted by molar-refractivity contribution is 5.90. The Hall–Kier alpha value is -2.41. The van der Waals surface area contributed by atoms with Crippen LogP contribution in [0, 0.1) is 13.8 Å². The van der Waals surface area contributed by atoms with Crippen molar-refractivity contribution >= 4 is 11.7 Å². The van der Waals surface area contributed by atoms with E-state index in [1.54, 1.807) is 6.20 Å². The molecule has 152 valence electrons. The van der Waals surface area contributed by atoms with Crippen LogP contribution in [0.5, 0.6) is 0 Å². The lowest BCUT2D eigenvalue weighted by molar-refractivity contribution is 0.161. The Kier molecular flexibility index (Phi) is 7.03. The maximum atomic E-state index is 12.6. The first kappa shape index (κ1) is 20.3. The number of pyridine rings is 1. The molecule has 7 nitrogen and oxygen atoms in total. The molecule has 1 aliphatic rings. The second kappa shape index (κ2) is 9.68. The van der Waals surface area contributed by atoms with Gasteiger partial charge in [0.05, 0.1) is 23.1 Å². The number of piperidine rings is 1. The molecule has 3 heterocycles. The topological polar surface area (TPSA) is 75.1 Å². The maximum Gasteiger partial charge on any atom is 0.319 e. The van der Waals surface area contributed by atoms with E-state index in [4.69, 9.17) is 0 Å². The van der Waals surface area contributed by atoms with Gasteiger partial charge in [-0.1, -0.05) is 19.4 Å². The summed E-state index contributed by atoms with van der Waals surface area (Å²) >= 11 is 0. The number of rotatable bonds is 7. The van der Waals surface area contributed by atoms with Crippen LogP contribution in [-0.4, -0.2) is 45.3 Å². The van der Waals surface area contributed by atoms with Gasteiger partial charge in [-0.05, 0) is 57.8 Å². The van der Waals surface area contributed by atoms with Crippen LogP contribution < -0.4 is 10.6 Å². The number of anilines is 1. The van der Waals surface area contributed by atoms with Crippen molar-refractivity contribution in [1.29, 1.82) is 0 Å². The molecule has 2 aromatic rings. The number of amides is 2. The molecule has 1 fully saturated rings. The van der Waals surface area contributed by atoms with Crippen LogP contribution in [0.25, 0.3) is 0 Å². The van der Waals surface area contributed by atoms with Crippen molar-refractivity contribution < 1.29 is 4.79 Å². The summed E-state index contributed by atoms with van der Waals surface area (Å²) in [7, 11) is 0. The minimum atomic E-state index is -0.187. The second-order valence-corrected chi connectivity index (χ2v) is 7.50. The van der Waals surface area contributed by atoms with E-state index in [1.165, 1.54) is 19.3 Å². The van der Waals surface area contributed by atoms with Crippen LogP contribution in [0.15, 0.2) is 24.5 Å². The SMILES string of the molecule is CCCn1nc(C)c(NC(=O)NC[C@H](c2cccnc2)N2CCCCC2)c1C. The van der Waals surface area contributed by atoms with Crippen molar-refractivity contribution in [3.8, 4) is 0 Å². The van der Waals surface area contributed by atoms with E-state index >= 15 is 0 Å². The molecular weight excluding hydrogens is 352 g/mol. The highest BCUT2D eigenvalue weighted by atomic mass is 16.2. The van der Waals surface area contributed by atoms with Crippen LogP contribution in [0.4, 0.5) is 10.5 Å². The van der Waals surface area contributed by atoms with Gasteiger partial charge in [0.2, 0.25) is 0 Å². The first-order valence-corrected chi connectivity index (χ1v) is 10.3. The molecule has 3 rings (SSSR count). The van der Waals surface area contributed by atoms with Crippen LogP contribution in [0.1, 0.15) is 55.6 Å². The van der Waals surface area contributed by atoms with Crippen molar-refractivity contribution in [2.75, 3.05) is 25.0 Å². The second-order valence-electron chi connectivity index (χ2n) is 7.50. The number of carbonyl (C=O) groups excluding carboxylic acids is 1. The van der Waals surface area contributed by atoms with Crippen LogP contribution >= 0.6 is 0 Å². The van der Waals surface area contributed by atoms with Crippen LogP contribution in [-0.2, 0) is 6.54 Å². The van der Waals surface area contributed by atoms with Crippen molar-refractivity contribution in [2.24, 2.45) is 0 Å². The third kappa shape index (κ3) is 4.90. The lowest BCUT2D eigenvalue weighted by Crippen LogP contribution is -2.41. The van der Waals surface area contributed by atoms with Gasteiger partial charge >= 0.3 is 6.03 Å². The zero-order valence-corrected chi connectivity index (χ0v) is 17.2. The number of nitrogens with zero attached hydrogens (tertiary/aromatic N) is 4. The summed E-state index contributed by atoms with van der Waals surface area (Å²) in [6.07, 6.45) is 8.40. The van der Waals surface area contributed by atoms with Gasteiger partial charge in [-0.15, -0.1) is 0 Å². The minimum absolute atomic E-state index is 0.143. The van der Waals surface area contributed by atoms with Gasteiger partial charge in [0.15, 0.2) is 0 Å². The van der Waals surface area contributed by atoms with E-state index in [9.17, 15) is 4.79 Å². The fourth-order valence-corrected chi connectivity index (χ4v) is 3.92. The summed E-state index contributed by atoms with van der Waals surface area (Å²) in [6, 6.07) is 4.01. The Morgan fingerprint density at radius 3 is 2.71 bits per heavy atom. The predicted octanol–water partition coefficient (Wildman–Crippen LogP) is 3.65. The fraction of sp³-hybridized carbons (Fsp3) is 0.571. The number of likely N-dealkylation sites (tertiary alicyclic amines) is 1. The van der Waals surface area contributed by atoms with E-state index in [-0.39, 0.29) is 12.1 Å². The normalized spacial score (nSPS) is 16.0. The molecule has 0 aliphatic carbocycles. The van der Waals surface area contributed by atoms with Gasteiger partial charge in [-0.3, -0.25) is 14.6 Å². The van der Waals surface area contributed by atoms with E-state index in [2.05, 4.69) is 38.6 Å². The molecule has 1 aliphatic heterocycles. The summed E-state index contributed by atoms with van der Waals surface area (Å²) < 4.78 is 1.96. The first-order valence-electron chi connectivity index (χ1n) is 10.3. The average Bonchev–Trinajstić information content (AvgIpc) is 2.97. The average molecular weight is 385 g/mol. The molecule has 0 saturated carbocycles. The molecule has 7 heteroatoms. The Balaban J connectivity index is 1.65. The molecule has 0 radical (unpaired) electrons. The number of urea groups is 1. The van der Waals surface area contributed by atoms with Crippen molar-refractivity contribution in [2.45, 2.75) is 59.0 Å². The van der Waals surface area contributed by atoms with Gasteiger partial charge < -0.3 is 10.6 Å². The number of nitrogens with one attached hydrogen (secondary N) is 2. The maximum absolute atomic E-state index is 12.6. The molecule has 2 N–H and O–H groups in total. The lowest BCUT2D eigenvalue weighted by Gasteiger charge is -2.34. The quantitative estimate of drug-likeness (QED) is 0.764. The lowest BCUT2D eigenvalue weighted by atomic mass is 10.0. The van der Waals surface area contributed by atoms with Crippen LogP contribution in [0.3, 0.4) is 0 Å². The molecular formula is C21H32N6O. The van der Waals surface area contributed by atoms with Crippen LogP contribution in [0.2, 0.25) is 0 Å². The predicted molar refractivity (Wildman–Crippen MR) is 111 cm³/mol. The van der Waals surface area contributed by atoms with Gasteiger partial charge in [-0.25, -0.2) is 4.79 Å². The van der Waals surface area contributed by atoms with Crippen molar-refractivity contribution in [3.05, 3.63) is 41.5 Å². The third-order valence-corrected chi connectivity index (χ3v) is 5.41. The summed E-state index contributed by atoms with van der Waals surface area (Å²) in [4.78, 5) is 19.3. The summed E-state index contributed by atoms with van der Waals surface area (Å²) in [5.74, 6) is 0. The Morgan fingerprint density at radius 1 is 1.25 bits per heavy atom. The largest absolute Gasteiger partial charge is 0.336 e. The summed E-state index contributed by atoms with van der Waals surface area (Å²) in [5, 5.41) is 10.6. The first-order chi connectivity index (χ1) is 13.6. The minimum Gasteiger partial charge on any atom is -0.336 e. The van der Waals surface area contributed by atoms with Gasteiger partial charge in [0.1, 0.15) is 0 Å². The molecule has 2 amide bonds. The fourth-order valence-electron chi connectivity index (χ4n) is 3.92. The number of carbonyl (C=O) groups is 1. The molecule has 2 aromatic heterocycles. The van der Waals surface area contributed by atoms with E-state index in [0.29, 0.717) is 6.54 Å². The molecule has 1 saturated heterocycles. The molecule has 0 bridgehead atoms. The molecule has 0 spiro atoms. The third-order valence-electron chi connectivity index (χ3n) is 5.41. The van der Waals surface area contributed by atoms with Gasteiger partial charge in [0.25, 0.3) is 0 Å². The molecule has 0 unspecified atom stereocenters. The molecule has 1 atom stereocenters. The molecule has 28 heavy (non-hydrogen) atoms. The van der Waals surface area contributed by atoms with Gasteiger partial charge in [-0.2, -0.15) is 5.10 Å². The monoisotopic (exact) mass is 384 g/mol. The summed E-state index contributed by atoms with van der Waals surface area (Å²) in [5.41, 5.74) is 3.80. The molecule has 0 aromatic carbocycles. The summed E-state index contributed by atoms with van der Waals surface area (Å²) in [6.45, 7) is 9.58. The Bertz CT molecular complexity index is 767. The number of aryl methyl sites for hydroxylation is 2. The van der Waals surface area contributed by atoms with Crippen molar-refractivity contribution in [3.63, 3.8) is 0 Å².